The Labute approximate surface area is 163 Å². The van der Waals surface area contributed by atoms with E-state index in [2.05, 4.69) is 32.0 Å². The van der Waals surface area contributed by atoms with Gasteiger partial charge < -0.3 is 0 Å². The third-order valence-electron chi connectivity index (χ3n) is 7.42. The summed E-state index contributed by atoms with van der Waals surface area (Å²) < 4.78 is 0. The van der Waals surface area contributed by atoms with Gasteiger partial charge in [0.15, 0.2) is 0 Å². The molecule has 0 aliphatic heterocycles. The average molecular weight is 355 g/mol. The predicted octanol–water partition coefficient (Wildman–Crippen LogP) is 8.23. The summed E-state index contributed by atoms with van der Waals surface area (Å²) in [6.45, 7) is 4.66. The van der Waals surface area contributed by atoms with Gasteiger partial charge in [-0.25, -0.2) is 0 Å². The van der Waals surface area contributed by atoms with Crippen molar-refractivity contribution in [2.24, 2.45) is 11.8 Å². The first kappa shape index (κ1) is 20.0. The van der Waals surface area contributed by atoms with E-state index in [4.69, 9.17) is 0 Å². The molecule has 1 unspecified atom stereocenters. The van der Waals surface area contributed by atoms with Crippen molar-refractivity contribution >= 4 is 0 Å². The van der Waals surface area contributed by atoms with Crippen LogP contribution in [0.1, 0.15) is 120 Å². The number of unbranched alkanes of at least 4 members (excludes halogenated alkanes) is 5. The lowest BCUT2D eigenvalue weighted by molar-refractivity contribution is 0.301. The maximum atomic E-state index is 2.60. The number of benzene rings is 1. The first-order valence-electron chi connectivity index (χ1n) is 11.9. The molecule has 0 amide bonds. The fourth-order valence-electron chi connectivity index (χ4n) is 5.45. The minimum atomic E-state index is 0.852. The minimum absolute atomic E-state index is 0.852. The normalized spacial score (nSPS) is 25.8. The predicted molar refractivity (Wildman–Crippen MR) is 115 cm³/mol. The van der Waals surface area contributed by atoms with E-state index in [1.54, 1.807) is 16.7 Å². The molecule has 0 bridgehead atoms. The smallest absolute Gasteiger partial charge is 0.0162 e. The van der Waals surface area contributed by atoms with Crippen LogP contribution in [0, 0.1) is 11.8 Å². The highest BCUT2D eigenvalue weighted by Crippen LogP contribution is 2.39. The molecule has 1 atom stereocenters. The Balaban J connectivity index is 1.41. The van der Waals surface area contributed by atoms with Gasteiger partial charge in [-0.1, -0.05) is 83.4 Å². The SMILES string of the molecule is CCCCCCCCC1CCC(c2ccc3c(c2)CCC(CC)C3)CC1. The molecule has 0 spiro atoms. The number of hydrogen-bond donors (Lipinski definition) is 0. The van der Waals surface area contributed by atoms with Crippen LogP contribution in [0.25, 0.3) is 0 Å². The lowest BCUT2D eigenvalue weighted by Gasteiger charge is -2.30. The molecule has 1 fully saturated rings. The summed E-state index contributed by atoms with van der Waals surface area (Å²) in [7, 11) is 0. The van der Waals surface area contributed by atoms with E-state index in [1.807, 2.05) is 0 Å². The van der Waals surface area contributed by atoms with Gasteiger partial charge in [0.2, 0.25) is 0 Å². The summed E-state index contributed by atoms with van der Waals surface area (Å²) in [5.74, 6) is 2.82. The molecule has 2 aliphatic rings. The van der Waals surface area contributed by atoms with Gasteiger partial charge in [0.25, 0.3) is 0 Å². The van der Waals surface area contributed by atoms with Crippen molar-refractivity contribution in [2.45, 2.75) is 116 Å². The second-order valence-corrected chi connectivity index (χ2v) is 9.32. The van der Waals surface area contributed by atoms with Crippen LogP contribution in [0.5, 0.6) is 0 Å². The second-order valence-electron chi connectivity index (χ2n) is 9.32. The third kappa shape index (κ3) is 5.61. The number of aryl methyl sites for hydroxylation is 1. The lowest BCUT2D eigenvalue weighted by Crippen LogP contribution is -2.16. The van der Waals surface area contributed by atoms with Crippen molar-refractivity contribution < 1.29 is 0 Å². The number of fused-ring (bicyclic) bond motifs is 1. The van der Waals surface area contributed by atoms with Crippen LogP contribution in [0.4, 0.5) is 0 Å². The molecule has 1 saturated carbocycles. The molecular formula is C26H42. The van der Waals surface area contributed by atoms with Crippen LogP contribution in [0.2, 0.25) is 0 Å². The number of hydrogen-bond acceptors (Lipinski definition) is 0. The van der Waals surface area contributed by atoms with Gasteiger partial charge in [0.1, 0.15) is 0 Å². The molecule has 0 heterocycles. The highest BCUT2D eigenvalue weighted by atomic mass is 14.3. The molecule has 0 saturated heterocycles. The van der Waals surface area contributed by atoms with Gasteiger partial charge in [0, 0.05) is 0 Å². The van der Waals surface area contributed by atoms with E-state index in [0.29, 0.717) is 0 Å². The van der Waals surface area contributed by atoms with Gasteiger partial charge in [-0.2, -0.15) is 0 Å². The summed E-state index contributed by atoms with van der Waals surface area (Å²) >= 11 is 0. The zero-order valence-electron chi connectivity index (χ0n) is 17.6. The summed E-state index contributed by atoms with van der Waals surface area (Å²) in [4.78, 5) is 0. The highest BCUT2D eigenvalue weighted by molar-refractivity contribution is 5.36. The summed E-state index contributed by atoms with van der Waals surface area (Å²) in [6, 6.07) is 7.56. The summed E-state index contributed by atoms with van der Waals surface area (Å²) in [5.41, 5.74) is 5.00. The Morgan fingerprint density at radius 3 is 2.31 bits per heavy atom. The van der Waals surface area contributed by atoms with E-state index in [1.165, 1.54) is 96.3 Å². The van der Waals surface area contributed by atoms with E-state index in [0.717, 1.165) is 17.8 Å². The molecule has 0 radical (unpaired) electrons. The largest absolute Gasteiger partial charge is 0.0654 e. The van der Waals surface area contributed by atoms with E-state index >= 15 is 0 Å². The van der Waals surface area contributed by atoms with Gasteiger partial charge in [-0.15, -0.1) is 0 Å². The van der Waals surface area contributed by atoms with Crippen LogP contribution in [-0.2, 0) is 12.8 Å². The standard InChI is InChI=1S/C26H42/c1-3-5-6-7-8-9-10-22-12-14-23(15-13-22)25-18-17-24-19-21(4-2)11-16-26(24)20-25/h17-18,20-23H,3-16,19H2,1-2H3. The molecule has 3 rings (SSSR count). The van der Waals surface area contributed by atoms with Crippen molar-refractivity contribution in [1.29, 1.82) is 0 Å². The van der Waals surface area contributed by atoms with Gasteiger partial charge in [0.05, 0.1) is 0 Å². The van der Waals surface area contributed by atoms with Crippen molar-refractivity contribution in [2.75, 3.05) is 0 Å². The monoisotopic (exact) mass is 354 g/mol. The Bertz CT molecular complexity index is 521. The molecule has 0 N–H and O–H groups in total. The maximum absolute atomic E-state index is 2.60. The second kappa shape index (κ2) is 10.5. The molecule has 146 valence electrons. The quantitative estimate of drug-likeness (QED) is 0.392. The van der Waals surface area contributed by atoms with Crippen LogP contribution >= 0.6 is 0 Å². The van der Waals surface area contributed by atoms with Gasteiger partial charge in [-0.05, 0) is 79.4 Å². The Morgan fingerprint density at radius 2 is 1.54 bits per heavy atom. The van der Waals surface area contributed by atoms with Gasteiger partial charge >= 0.3 is 0 Å². The average Bonchev–Trinajstić information content (AvgIpc) is 2.70. The van der Waals surface area contributed by atoms with Crippen LogP contribution in [0.15, 0.2) is 18.2 Å². The van der Waals surface area contributed by atoms with E-state index in [-0.39, 0.29) is 0 Å². The topological polar surface area (TPSA) is 0 Å². The molecule has 2 aliphatic carbocycles. The Morgan fingerprint density at radius 1 is 0.769 bits per heavy atom. The van der Waals surface area contributed by atoms with Crippen molar-refractivity contribution in [1.82, 2.24) is 0 Å². The zero-order valence-corrected chi connectivity index (χ0v) is 17.6. The fraction of sp³-hybridized carbons (Fsp3) is 0.769. The third-order valence-corrected chi connectivity index (χ3v) is 7.42. The Kier molecular flexibility index (Phi) is 8.08. The molecule has 0 aromatic heterocycles. The Hall–Kier alpha value is -0.780. The zero-order chi connectivity index (χ0) is 18.2. The summed E-state index contributed by atoms with van der Waals surface area (Å²) in [6.07, 6.45) is 21.5. The van der Waals surface area contributed by atoms with Crippen molar-refractivity contribution in [3.63, 3.8) is 0 Å². The first-order chi connectivity index (χ1) is 12.8. The molecule has 1 aromatic rings. The molecule has 0 nitrogen and oxygen atoms in total. The van der Waals surface area contributed by atoms with Crippen molar-refractivity contribution in [3.05, 3.63) is 34.9 Å². The highest BCUT2D eigenvalue weighted by Gasteiger charge is 2.24. The van der Waals surface area contributed by atoms with Crippen LogP contribution in [0.3, 0.4) is 0 Å². The maximum Gasteiger partial charge on any atom is -0.0162 e. The number of rotatable bonds is 9. The molecular weight excluding hydrogens is 312 g/mol. The van der Waals surface area contributed by atoms with Gasteiger partial charge in [-0.3, -0.25) is 0 Å². The first-order valence-corrected chi connectivity index (χ1v) is 11.9. The van der Waals surface area contributed by atoms with Crippen molar-refractivity contribution in [3.8, 4) is 0 Å². The van der Waals surface area contributed by atoms with Crippen LogP contribution in [-0.4, -0.2) is 0 Å². The summed E-state index contributed by atoms with van der Waals surface area (Å²) in [5, 5.41) is 0. The molecule has 0 heteroatoms. The van der Waals surface area contributed by atoms with E-state index in [9.17, 15) is 0 Å². The minimum Gasteiger partial charge on any atom is -0.0654 e. The molecule has 1 aromatic carbocycles. The fourth-order valence-corrected chi connectivity index (χ4v) is 5.45. The van der Waals surface area contributed by atoms with E-state index < -0.39 is 0 Å². The lowest BCUT2D eigenvalue weighted by atomic mass is 9.75. The molecule has 26 heavy (non-hydrogen) atoms. The van der Waals surface area contributed by atoms with Crippen LogP contribution < -0.4 is 0 Å².